The number of hydrogen-bond acceptors (Lipinski definition) is 3. The molecule has 0 aliphatic carbocycles. The van der Waals surface area contributed by atoms with E-state index in [1.807, 2.05) is 49.2 Å². The third kappa shape index (κ3) is 3.67. The van der Waals surface area contributed by atoms with Crippen molar-refractivity contribution < 1.29 is 4.79 Å². The Morgan fingerprint density at radius 2 is 1.90 bits per heavy atom. The molecule has 5 heteroatoms. The monoisotopic (exact) mass is 303 g/mol. The number of nitrogens with one attached hydrogen (secondary N) is 1. The molecule has 0 aromatic heterocycles. The highest BCUT2D eigenvalue weighted by atomic mass is 35.5. The molecule has 0 heterocycles. The fraction of sp³-hybridized carbons (Fsp3) is 0.188. The lowest BCUT2D eigenvalue weighted by Crippen LogP contribution is -2.39. The lowest BCUT2D eigenvalue weighted by molar-refractivity contribution is -0.117. The van der Waals surface area contributed by atoms with Crippen LogP contribution >= 0.6 is 11.6 Å². The van der Waals surface area contributed by atoms with E-state index >= 15 is 0 Å². The maximum Gasteiger partial charge on any atom is 0.246 e. The number of nitrogens with two attached hydrogens (primary N) is 1. The van der Waals surface area contributed by atoms with Crippen LogP contribution in [0.1, 0.15) is 6.92 Å². The van der Waals surface area contributed by atoms with Gasteiger partial charge in [-0.25, -0.2) is 0 Å². The summed E-state index contributed by atoms with van der Waals surface area (Å²) in [7, 11) is 1.88. The molecule has 0 spiro atoms. The lowest BCUT2D eigenvalue weighted by atomic mass is 10.2. The average Bonchev–Trinajstić information content (AvgIpc) is 2.49. The van der Waals surface area contributed by atoms with E-state index in [0.717, 1.165) is 5.69 Å². The van der Waals surface area contributed by atoms with Crippen molar-refractivity contribution in [3.05, 3.63) is 53.6 Å². The molecule has 110 valence electrons. The minimum atomic E-state index is -0.331. The smallest absolute Gasteiger partial charge is 0.246 e. The number of nitrogens with zero attached hydrogens (tertiary/aromatic N) is 1. The number of carbonyl (C=O) groups excluding carboxylic acids is 1. The van der Waals surface area contributed by atoms with E-state index < -0.39 is 0 Å². The largest absolute Gasteiger partial charge is 0.397 e. The van der Waals surface area contributed by atoms with E-state index in [0.29, 0.717) is 16.4 Å². The van der Waals surface area contributed by atoms with Gasteiger partial charge < -0.3 is 16.0 Å². The third-order valence-electron chi connectivity index (χ3n) is 3.40. The Bertz CT molecular complexity index is 631. The third-order valence-corrected chi connectivity index (χ3v) is 3.63. The van der Waals surface area contributed by atoms with Gasteiger partial charge in [0.2, 0.25) is 5.91 Å². The number of carbonyl (C=O) groups is 1. The predicted octanol–water partition coefficient (Wildman–Crippen LogP) is 3.39. The molecule has 2 rings (SSSR count). The molecule has 1 atom stereocenters. The van der Waals surface area contributed by atoms with E-state index in [-0.39, 0.29) is 11.9 Å². The van der Waals surface area contributed by atoms with Crippen molar-refractivity contribution >= 4 is 34.6 Å². The molecule has 3 N–H and O–H groups in total. The number of rotatable bonds is 4. The van der Waals surface area contributed by atoms with Gasteiger partial charge in [0.05, 0.1) is 11.4 Å². The first kappa shape index (κ1) is 15.2. The maximum absolute atomic E-state index is 12.3. The van der Waals surface area contributed by atoms with Crippen molar-refractivity contribution in [2.75, 3.05) is 23.0 Å². The first-order valence-corrected chi connectivity index (χ1v) is 7.00. The summed E-state index contributed by atoms with van der Waals surface area (Å²) in [4.78, 5) is 14.2. The van der Waals surface area contributed by atoms with Crippen LogP contribution in [0.4, 0.5) is 17.1 Å². The van der Waals surface area contributed by atoms with E-state index in [1.165, 1.54) is 0 Å². The number of halogens is 1. The summed E-state index contributed by atoms with van der Waals surface area (Å²) in [6, 6.07) is 14.4. The summed E-state index contributed by atoms with van der Waals surface area (Å²) in [5.74, 6) is -0.129. The van der Waals surface area contributed by atoms with Crippen LogP contribution in [0.3, 0.4) is 0 Å². The van der Waals surface area contributed by atoms with E-state index in [2.05, 4.69) is 5.32 Å². The van der Waals surface area contributed by atoms with E-state index in [4.69, 9.17) is 17.3 Å². The highest BCUT2D eigenvalue weighted by Crippen LogP contribution is 2.23. The Labute approximate surface area is 129 Å². The second-order valence-corrected chi connectivity index (χ2v) is 5.28. The van der Waals surface area contributed by atoms with Crippen molar-refractivity contribution in [1.82, 2.24) is 0 Å². The molecule has 0 saturated carbocycles. The molecule has 1 amide bonds. The number of amides is 1. The van der Waals surface area contributed by atoms with Crippen LogP contribution in [-0.4, -0.2) is 19.0 Å². The fourth-order valence-corrected chi connectivity index (χ4v) is 2.13. The van der Waals surface area contributed by atoms with E-state index in [1.54, 1.807) is 18.2 Å². The molecule has 0 aliphatic rings. The van der Waals surface area contributed by atoms with Gasteiger partial charge in [0.15, 0.2) is 0 Å². The van der Waals surface area contributed by atoms with Crippen LogP contribution in [0, 0.1) is 0 Å². The maximum atomic E-state index is 12.3. The molecular formula is C16H18ClN3O. The zero-order chi connectivity index (χ0) is 15.4. The van der Waals surface area contributed by atoms with Crippen LogP contribution in [0.2, 0.25) is 5.02 Å². The van der Waals surface area contributed by atoms with Gasteiger partial charge in [0, 0.05) is 17.8 Å². The Morgan fingerprint density at radius 1 is 1.24 bits per heavy atom. The van der Waals surface area contributed by atoms with Crippen LogP contribution in [0.25, 0.3) is 0 Å². The molecule has 1 unspecified atom stereocenters. The molecule has 0 fully saturated rings. The fourth-order valence-electron chi connectivity index (χ4n) is 1.95. The molecule has 2 aromatic carbocycles. The molecular weight excluding hydrogens is 286 g/mol. The van der Waals surface area contributed by atoms with Gasteiger partial charge in [0.1, 0.15) is 6.04 Å². The summed E-state index contributed by atoms with van der Waals surface area (Å²) in [6.07, 6.45) is 0. The number of likely N-dealkylation sites (N-methyl/N-ethyl adjacent to an activating group) is 1. The molecule has 21 heavy (non-hydrogen) atoms. The average molecular weight is 304 g/mol. The minimum Gasteiger partial charge on any atom is -0.397 e. The summed E-state index contributed by atoms with van der Waals surface area (Å²) in [5.41, 5.74) is 7.84. The number of anilines is 3. The summed E-state index contributed by atoms with van der Waals surface area (Å²) in [5, 5.41) is 3.37. The quantitative estimate of drug-likeness (QED) is 0.851. The number of nitrogen functional groups attached to an aromatic ring is 1. The van der Waals surface area contributed by atoms with Gasteiger partial charge in [-0.05, 0) is 37.3 Å². The Hall–Kier alpha value is -2.20. The van der Waals surface area contributed by atoms with Gasteiger partial charge in [-0.3, -0.25) is 4.79 Å². The van der Waals surface area contributed by atoms with E-state index in [9.17, 15) is 4.79 Å². The summed E-state index contributed by atoms with van der Waals surface area (Å²) in [6.45, 7) is 1.84. The molecule has 0 radical (unpaired) electrons. The molecule has 0 aliphatic heterocycles. The molecule has 0 saturated heterocycles. The highest BCUT2D eigenvalue weighted by Gasteiger charge is 2.19. The van der Waals surface area contributed by atoms with Crippen molar-refractivity contribution in [2.45, 2.75) is 13.0 Å². The molecule has 4 nitrogen and oxygen atoms in total. The SMILES string of the molecule is CC(C(=O)Nc1ccc(Cl)cc1N)N(C)c1ccccc1. The minimum absolute atomic E-state index is 0.129. The second-order valence-electron chi connectivity index (χ2n) is 4.84. The van der Waals surface area contributed by atoms with Crippen molar-refractivity contribution in [3.63, 3.8) is 0 Å². The summed E-state index contributed by atoms with van der Waals surface area (Å²) >= 11 is 5.85. The van der Waals surface area contributed by atoms with Gasteiger partial charge in [-0.1, -0.05) is 29.8 Å². The van der Waals surface area contributed by atoms with Gasteiger partial charge >= 0.3 is 0 Å². The highest BCUT2D eigenvalue weighted by molar-refractivity contribution is 6.31. The number of hydrogen-bond donors (Lipinski definition) is 2. The first-order chi connectivity index (χ1) is 9.99. The van der Waals surface area contributed by atoms with Crippen LogP contribution < -0.4 is 16.0 Å². The second kappa shape index (κ2) is 6.50. The van der Waals surface area contributed by atoms with Crippen LogP contribution in [0.15, 0.2) is 48.5 Å². The molecule has 0 bridgehead atoms. The van der Waals surface area contributed by atoms with Crippen LogP contribution in [-0.2, 0) is 4.79 Å². The lowest BCUT2D eigenvalue weighted by Gasteiger charge is -2.26. The van der Waals surface area contributed by atoms with Crippen molar-refractivity contribution in [2.24, 2.45) is 0 Å². The molecule has 2 aromatic rings. The number of benzene rings is 2. The number of para-hydroxylation sites is 1. The Morgan fingerprint density at radius 3 is 2.52 bits per heavy atom. The summed E-state index contributed by atoms with van der Waals surface area (Å²) < 4.78 is 0. The topological polar surface area (TPSA) is 58.4 Å². The van der Waals surface area contributed by atoms with Gasteiger partial charge in [-0.2, -0.15) is 0 Å². The Balaban J connectivity index is 2.09. The predicted molar refractivity (Wildman–Crippen MR) is 88.8 cm³/mol. The first-order valence-electron chi connectivity index (χ1n) is 6.63. The standard InChI is InChI=1S/C16H18ClN3O/c1-11(20(2)13-6-4-3-5-7-13)16(21)19-15-9-8-12(17)10-14(15)18/h3-11H,18H2,1-2H3,(H,19,21). The van der Waals surface area contributed by atoms with Gasteiger partial charge in [0.25, 0.3) is 0 Å². The van der Waals surface area contributed by atoms with Crippen molar-refractivity contribution in [1.29, 1.82) is 0 Å². The van der Waals surface area contributed by atoms with Crippen LogP contribution in [0.5, 0.6) is 0 Å². The normalized spacial score (nSPS) is 11.8. The zero-order valence-corrected chi connectivity index (χ0v) is 12.8. The zero-order valence-electron chi connectivity index (χ0n) is 12.0. The Kier molecular flexibility index (Phi) is 4.70. The van der Waals surface area contributed by atoms with Crippen molar-refractivity contribution in [3.8, 4) is 0 Å². The van der Waals surface area contributed by atoms with Gasteiger partial charge in [-0.15, -0.1) is 0 Å².